The molecule has 0 aliphatic rings. The van der Waals surface area contributed by atoms with E-state index in [9.17, 15) is 0 Å². The van der Waals surface area contributed by atoms with Crippen LogP contribution in [-0.2, 0) is 6.42 Å². The predicted octanol–water partition coefficient (Wildman–Crippen LogP) is 4.18. The Hall–Kier alpha value is -1.54. The van der Waals surface area contributed by atoms with Gasteiger partial charge in [-0.1, -0.05) is 36.8 Å². The molecule has 2 rings (SSSR count). The molecule has 0 saturated heterocycles. The lowest BCUT2D eigenvalue weighted by molar-refractivity contribution is 0.494. The molecule has 0 aliphatic carbocycles. The monoisotopic (exact) mass is 257 g/mol. The van der Waals surface area contributed by atoms with E-state index >= 15 is 0 Å². The van der Waals surface area contributed by atoms with Crippen LogP contribution >= 0.6 is 0 Å². The highest BCUT2D eigenvalue weighted by Gasteiger charge is 2.15. The molecule has 1 aromatic heterocycles. The standard InChI is InChI=1S/C17H23NO/c1-4-9-18-17(16-8-10-19-14(16)3)12-15-7-5-6-13(2)11-15/h5-8,10-11,17-18H,4,9,12H2,1-3H3. The van der Waals surface area contributed by atoms with Gasteiger partial charge in [0.2, 0.25) is 0 Å². The third-order valence-electron chi connectivity index (χ3n) is 3.44. The normalized spacial score (nSPS) is 12.6. The lowest BCUT2D eigenvalue weighted by Gasteiger charge is -2.18. The van der Waals surface area contributed by atoms with E-state index in [-0.39, 0.29) is 0 Å². The van der Waals surface area contributed by atoms with Gasteiger partial charge >= 0.3 is 0 Å². The third-order valence-corrected chi connectivity index (χ3v) is 3.44. The highest BCUT2D eigenvalue weighted by atomic mass is 16.3. The minimum atomic E-state index is 0.334. The second-order valence-electron chi connectivity index (χ2n) is 5.13. The van der Waals surface area contributed by atoms with Crippen LogP contribution in [0, 0.1) is 13.8 Å². The predicted molar refractivity (Wildman–Crippen MR) is 79.4 cm³/mol. The molecule has 1 aromatic carbocycles. The van der Waals surface area contributed by atoms with Gasteiger partial charge in [-0.3, -0.25) is 0 Å². The van der Waals surface area contributed by atoms with Gasteiger partial charge in [-0.2, -0.15) is 0 Å². The van der Waals surface area contributed by atoms with E-state index in [1.54, 1.807) is 6.26 Å². The first-order valence-corrected chi connectivity index (χ1v) is 7.03. The van der Waals surface area contributed by atoms with Gasteiger partial charge in [0.15, 0.2) is 0 Å². The molecule has 0 bridgehead atoms. The molecule has 0 saturated carbocycles. The minimum absolute atomic E-state index is 0.334. The van der Waals surface area contributed by atoms with Gasteiger partial charge in [0, 0.05) is 11.6 Å². The molecule has 102 valence electrons. The smallest absolute Gasteiger partial charge is 0.105 e. The van der Waals surface area contributed by atoms with E-state index in [4.69, 9.17) is 4.42 Å². The van der Waals surface area contributed by atoms with E-state index in [1.165, 1.54) is 16.7 Å². The number of hydrogen-bond acceptors (Lipinski definition) is 2. The summed E-state index contributed by atoms with van der Waals surface area (Å²) in [6, 6.07) is 11.1. The first kappa shape index (κ1) is 13.9. The van der Waals surface area contributed by atoms with Gasteiger partial charge in [0.05, 0.1) is 6.26 Å². The zero-order chi connectivity index (χ0) is 13.7. The van der Waals surface area contributed by atoms with Gasteiger partial charge in [-0.05, 0) is 44.9 Å². The molecule has 2 heteroatoms. The highest BCUT2D eigenvalue weighted by molar-refractivity contribution is 5.27. The Kier molecular flexibility index (Phi) is 4.80. The van der Waals surface area contributed by atoms with Crippen LogP contribution in [0.1, 0.15) is 41.8 Å². The minimum Gasteiger partial charge on any atom is -0.469 e. The summed E-state index contributed by atoms with van der Waals surface area (Å²) < 4.78 is 5.45. The Labute approximate surface area is 115 Å². The van der Waals surface area contributed by atoms with Gasteiger partial charge < -0.3 is 9.73 Å². The molecular formula is C17H23NO. The Bertz CT molecular complexity index is 515. The average Bonchev–Trinajstić information content (AvgIpc) is 2.81. The number of hydrogen-bond donors (Lipinski definition) is 1. The van der Waals surface area contributed by atoms with Gasteiger partial charge in [0.25, 0.3) is 0 Å². The Morgan fingerprint density at radius 1 is 1.21 bits per heavy atom. The SMILES string of the molecule is CCCNC(Cc1cccc(C)c1)c1ccoc1C. The van der Waals surface area contributed by atoms with Crippen LogP contribution in [0.5, 0.6) is 0 Å². The van der Waals surface area contributed by atoms with Crippen LogP contribution < -0.4 is 5.32 Å². The molecule has 0 spiro atoms. The van der Waals surface area contributed by atoms with Crippen molar-refractivity contribution in [1.29, 1.82) is 0 Å². The zero-order valence-electron chi connectivity index (χ0n) is 12.1. The quantitative estimate of drug-likeness (QED) is 0.839. The molecule has 0 radical (unpaired) electrons. The van der Waals surface area contributed by atoms with Crippen molar-refractivity contribution >= 4 is 0 Å². The van der Waals surface area contributed by atoms with Crippen LogP contribution in [0.2, 0.25) is 0 Å². The van der Waals surface area contributed by atoms with Crippen molar-refractivity contribution in [2.24, 2.45) is 0 Å². The summed E-state index contributed by atoms with van der Waals surface area (Å²) in [6.07, 6.45) is 3.92. The molecule has 1 unspecified atom stereocenters. The Morgan fingerprint density at radius 3 is 2.68 bits per heavy atom. The Morgan fingerprint density at radius 2 is 2.05 bits per heavy atom. The zero-order valence-corrected chi connectivity index (χ0v) is 12.1. The fourth-order valence-electron chi connectivity index (χ4n) is 2.44. The maximum Gasteiger partial charge on any atom is 0.105 e. The summed E-state index contributed by atoms with van der Waals surface area (Å²) >= 11 is 0. The van der Waals surface area contributed by atoms with Crippen molar-refractivity contribution in [3.05, 3.63) is 59.0 Å². The van der Waals surface area contributed by atoms with E-state index in [0.29, 0.717) is 6.04 Å². The third kappa shape index (κ3) is 3.71. The molecule has 1 heterocycles. The maximum absolute atomic E-state index is 5.45. The molecule has 19 heavy (non-hydrogen) atoms. The van der Waals surface area contributed by atoms with Crippen molar-refractivity contribution in [2.75, 3.05) is 6.54 Å². The second-order valence-corrected chi connectivity index (χ2v) is 5.13. The number of rotatable bonds is 6. The van der Waals surface area contributed by atoms with Crippen molar-refractivity contribution in [3.63, 3.8) is 0 Å². The fourth-order valence-corrected chi connectivity index (χ4v) is 2.44. The molecule has 2 aromatic rings. The van der Waals surface area contributed by atoms with E-state index in [2.05, 4.69) is 49.5 Å². The molecule has 0 aliphatic heterocycles. The number of aryl methyl sites for hydroxylation is 2. The number of nitrogens with one attached hydrogen (secondary N) is 1. The number of furan rings is 1. The molecule has 0 amide bonds. The lowest BCUT2D eigenvalue weighted by atomic mass is 9.98. The van der Waals surface area contributed by atoms with Gasteiger partial charge in [-0.15, -0.1) is 0 Å². The van der Waals surface area contributed by atoms with E-state index in [0.717, 1.165) is 25.1 Å². The number of benzene rings is 1. The maximum atomic E-state index is 5.45. The summed E-state index contributed by atoms with van der Waals surface area (Å²) in [6.45, 7) is 7.40. The molecular weight excluding hydrogens is 234 g/mol. The summed E-state index contributed by atoms with van der Waals surface area (Å²) in [5.74, 6) is 1.02. The van der Waals surface area contributed by atoms with Crippen LogP contribution in [0.4, 0.5) is 0 Å². The van der Waals surface area contributed by atoms with Crippen LogP contribution in [0.3, 0.4) is 0 Å². The first-order chi connectivity index (χ1) is 9.20. The summed E-state index contributed by atoms with van der Waals surface area (Å²) in [7, 11) is 0. The second kappa shape index (κ2) is 6.58. The van der Waals surface area contributed by atoms with E-state index < -0.39 is 0 Å². The topological polar surface area (TPSA) is 25.2 Å². The van der Waals surface area contributed by atoms with Gasteiger partial charge in [-0.25, -0.2) is 0 Å². The van der Waals surface area contributed by atoms with E-state index in [1.807, 2.05) is 6.92 Å². The summed E-state index contributed by atoms with van der Waals surface area (Å²) in [4.78, 5) is 0. The van der Waals surface area contributed by atoms with Crippen LogP contribution in [0.15, 0.2) is 41.0 Å². The van der Waals surface area contributed by atoms with Crippen molar-refractivity contribution < 1.29 is 4.42 Å². The van der Waals surface area contributed by atoms with Gasteiger partial charge in [0.1, 0.15) is 5.76 Å². The summed E-state index contributed by atoms with van der Waals surface area (Å²) in [5.41, 5.74) is 3.96. The molecule has 2 nitrogen and oxygen atoms in total. The van der Waals surface area contributed by atoms with Crippen molar-refractivity contribution in [3.8, 4) is 0 Å². The molecule has 0 fully saturated rings. The van der Waals surface area contributed by atoms with Crippen molar-refractivity contribution in [1.82, 2.24) is 5.32 Å². The molecule has 1 N–H and O–H groups in total. The summed E-state index contributed by atoms with van der Waals surface area (Å²) in [5, 5.41) is 3.62. The highest BCUT2D eigenvalue weighted by Crippen LogP contribution is 2.23. The molecule has 1 atom stereocenters. The van der Waals surface area contributed by atoms with Crippen molar-refractivity contribution in [2.45, 2.75) is 39.7 Å². The van der Waals surface area contributed by atoms with Crippen LogP contribution in [0.25, 0.3) is 0 Å². The largest absolute Gasteiger partial charge is 0.469 e. The first-order valence-electron chi connectivity index (χ1n) is 7.03. The fraction of sp³-hybridized carbons (Fsp3) is 0.412. The lowest BCUT2D eigenvalue weighted by Crippen LogP contribution is -2.24. The van der Waals surface area contributed by atoms with Crippen LogP contribution in [-0.4, -0.2) is 6.54 Å². The Balaban J connectivity index is 2.16. The average molecular weight is 257 g/mol.